The minimum atomic E-state index is 0.832. The fraction of sp³-hybridized carbons (Fsp3) is 0. The lowest BCUT2D eigenvalue weighted by atomic mass is 9.97. The summed E-state index contributed by atoms with van der Waals surface area (Å²) >= 11 is 0. The molecule has 0 N–H and O–H groups in total. The van der Waals surface area contributed by atoms with Crippen LogP contribution in [-0.2, 0) is 0 Å². The van der Waals surface area contributed by atoms with Gasteiger partial charge < -0.3 is 19.1 Å². The van der Waals surface area contributed by atoms with Crippen LogP contribution < -0.4 is 14.5 Å². The van der Waals surface area contributed by atoms with Gasteiger partial charge in [-0.3, -0.25) is 0 Å². The molecule has 1 aliphatic heterocycles. The number of hydrogen-bond acceptors (Lipinski definition) is 3. The molecule has 0 radical (unpaired) electrons. The quantitative estimate of drug-likeness (QED) is 0.162. The van der Waals surface area contributed by atoms with Crippen LogP contribution in [0.5, 0.6) is 11.5 Å². The van der Waals surface area contributed by atoms with E-state index in [-0.39, 0.29) is 0 Å². The average molecular weight is 744 g/mol. The summed E-state index contributed by atoms with van der Waals surface area (Å²) < 4.78 is 8.95. The first-order chi connectivity index (χ1) is 28.8. The summed E-state index contributed by atoms with van der Waals surface area (Å²) in [6.45, 7) is 0. The van der Waals surface area contributed by atoms with Crippen molar-refractivity contribution >= 4 is 55.9 Å². The Morgan fingerprint density at radius 1 is 0.328 bits per heavy atom. The Hall–Kier alpha value is -7.82. The number of aromatic nitrogens is 1. The van der Waals surface area contributed by atoms with Crippen molar-refractivity contribution in [3.63, 3.8) is 0 Å². The average Bonchev–Trinajstić information content (AvgIpc) is 3.63. The van der Waals surface area contributed by atoms with Crippen molar-refractivity contribution in [2.45, 2.75) is 0 Å². The van der Waals surface area contributed by atoms with Gasteiger partial charge in [-0.2, -0.15) is 0 Å². The summed E-state index contributed by atoms with van der Waals surface area (Å²) in [5, 5.41) is 2.46. The number of para-hydroxylation sites is 6. The molecule has 58 heavy (non-hydrogen) atoms. The van der Waals surface area contributed by atoms with Gasteiger partial charge in [-0.25, -0.2) is 0 Å². The maximum absolute atomic E-state index is 6.56. The molecular formula is C54H37N3O. The zero-order chi connectivity index (χ0) is 38.4. The molecule has 0 spiro atoms. The molecule has 2 heterocycles. The second-order valence-electron chi connectivity index (χ2n) is 14.6. The van der Waals surface area contributed by atoms with E-state index in [9.17, 15) is 0 Å². The van der Waals surface area contributed by atoms with Crippen LogP contribution in [0.1, 0.15) is 0 Å². The maximum atomic E-state index is 6.56. The highest BCUT2D eigenvalue weighted by Gasteiger charge is 2.26. The normalized spacial score (nSPS) is 11.9. The summed E-state index contributed by atoms with van der Waals surface area (Å²) in [6.07, 6.45) is 0. The smallest absolute Gasteiger partial charge is 0.152 e. The molecule has 0 aliphatic carbocycles. The van der Waals surface area contributed by atoms with Crippen molar-refractivity contribution in [3.8, 4) is 39.4 Å². The molecule has 0 saturated carbocycles. The fourth-order valence-electron chi connectivity index (χ4n) is 8.45. The highest BCUT2D eigenvalue weighted by atomic mass is 16.5. The van der Waals surface area contributed by atoms with E-state index in [2.05, 4.69) is 221 Å². The summed E-state index contributed by atoms with van der Waals surface area (Å²) in [6, 6.07) is 79.7. The number of nitrogens with zero attached hydrogens (tertiary/aromatic N) is 3. The molecule has 0 amide bonds. The standard InChI is InChI=1S/C54H37N3O/c1-4-17-42(18-5-1)55(43-19-6-2-7-20-43)45-29-31-46(32-30-45)56-49-24-11-10-23-47(49)48-33-27-40(36-52(48)56)38-15-14-16-39(35-38)41-28-34-51-54(37-41)58-53-26-13-12-25-50(53)57(51)44-21-8-3-9-22-44/h1-37H. The molecule has 4 heteroatoms. The lowest BCUT2D eigenvalue weighted by molar-refractivity contribution is 0.477. The van der Waals surface area contributed by atoms with Crippen LogP contribution in [0.25, 0.3) is 49.7 Å². The molecule has 0 fully saturated rings. The molecule has 10 aromatic rings. The molecule has 0 bridgehead atoms. The minimum Gasteiger partial charge on any atom is -0.453 e. The Labute approximate surface area is 337 Å². The summed E-state index contributed by atoms with van der Waals surface area (Å²) in [7, 11) is 0. The van der Waals surface area contributed by atoms with E-state index in [4.69, 9.17) is 4.74 Å². The minimum absolute atomic E-state index is 0.832. The van der Waals surface area contributed by atoms with Gasteiger partial charge in [0.25, 0.3) is 0 Å². The predicted molar refractivity (Wildman–Crippen MR) is 241 cm³/mol. The summed E-state index contributed by atoms with van der Waals surface area (Å²) in [5.41, 5.74) is 14.5. The lowest BCUT2D eigenvalue weighted by Crippen LogP contribution is -2.15. The molecule has 4 nitrogen and oxygen atoms in total. The van der Waals surface area contributed by atoms with E-state index in [1.807, 2.05) is 18.2 Å². The van der Waals surface area contributed by atoms with Crippen molar-refractivity contribution in [1.82, 2.24) is 4.57 Å². The fourth-order valence-corrected chi connectivity index (χ4v) is 8.45. The van der Waals surface area contributed by atoms with Gasteiger partial charge in [0.1, 0.15) is 0 Å². The van der Waals surface area contributed by atoms with Crippen molar-refractivity contribution in [3.05, 3.63) is 224 Å². The van der Waals surface area contributed by atoms with Crippen molar-refractivity contribution < 1.29 is 4.74 Å². The van der Waals surface area contributed by atoms with Crippen LogP contribution in [0.15, 0.2) is 224 Å². The summed E-state index contributed by atoms with van der Waals surface area (Å²) in [4.78, 5) is 4.58. The maximum Gasteiger partial charge on any atom is 0.152 e. The second-order valence-corrected chi connectivity index (χ2v) is 14.6. The molecule has 1 aliphatic rings. The Morgan fingerprint density at radius 2 is 0.879 bits per heavy atom. The Bertz CT molecular complexity index is 3040. The largest absolute Gasteiger partial charge is 0.453 e. The van der Waals surface area contributed by atoms with E-state index in [0.29, 0.717) is 0 Å². The first-order valence-corrected chi connectivity index (χ1v) is 19.7. The molecule has 9 aromatic carbocycles. The third-order valence-electron chi connectivity index (χ3n) is 11.1. The first kappa shape index (κ1) is 33.5. The highest BCUT2D eigenvalue weighted by molar-refractivity contribution is 6.10. The van der Waals surface area contributed by atoms with Gasteiger partial charge in [0, 0.05) is 39.2 Å². The Morgan fingerprint density at radius 3 is 1.62 bits per heavy atom. The van der Waals surface area contributed by atoms with Gasteiger partial charge in [-0.05, 0) is 125 Å². The second kappa shape index (κ2) is 14.0. The topological polar surface area (TPSA) is 20.6 Å². The Balaban J connectivity index is 0.975. The summed E-state index contributed by atoms with van der Waals surface area (Å²) in [5.74, 6) is 1.67. The van der Waals surface area contributed by atoms with Gasteiger partial charge in [-0.1, -0.05) is 121 Å². The van der Waals surface area contributed by atoms with Gasteiger partial charge in [0.15, 0.2) is 11.5 Å². The number of anilines is 6. The zero-order valence-electron chi connectivity index (χ0n) is 31.6. The molecule has 0 unspecified atom stereocenters. The van der Waals surface area contributed by atoms with E-state index in [0.717, 1.165) is 73.6 Å². The molecule has 274 valence electrons. The number of hydrogen-bond donors (Lipinski definition) is 0. The van der Waals surface area contributed by atoms with Crippen LogP contribution in [0.2, 0.25) is 0 Å². The number of ether oxygens (including phenoxy) is 1. The van der Waals surface area contributed by atoms with Crippen molar-refractivity contribution in [2.75, 3.05) is 9.80 Å². The monoisotopic (exact) mass is 743 g/mol. The zero-order valence-corrected chi connectivity index (χ0v) is 31.6. The van der Waals surface area contributed by atoms with E-state index in [1.165, 1.54) is 21.8 Å². The number of fused-ring (bicyclic) bond motifs is 5. The molecule has 1 aromatic heterocycles. The highest BCUT2D eigenvalue weighted by Crippen LogP contribution is 2.51. The molecule has 0 atom stereocenters. The Kier molecular flexibility index (Phi) is 8.11. The molecular weight excluding hydrogens is 707 g/mol. The van der Waals surface area contributed by atoms with Gasteiger partial charge in [0.05, 0.1) is 22.4 Å². The van der Waals surface area contributed by atoms with Crippen LogP contribution in [0.3, 0.4) is 0 Å². The number of rotatable bonds is 7. The number of benzene rings is 9. The van der Waals surface area contributed by atoms with Crippen LogP contribution in [0.4, 0.5) is 34.1 Å². The van der Waals surface area contributed by atoms with Gasteiger partial charge in [-0.15, -0.1) is 0 Å². The SMILES string of the molecule is c1ccc(N(c2ccccc2)c2ccc(-n3c4ccccc4c4ccc(-c5cccc(-c6ccc7c(c6)Oc6ccccc6N7c6ccccc6)c5)cc43)cc2)cc1. The van der Waals surface area contributed by atoms with Crippen LogP contribution >= 0.6 is 0 Å². The molecule has 0 saturated heterocycles. The van der Waals surface area contributed by atoms with Crippen LogP contribution in [0, 0.1) is 0 Å². The van der Waals surface area contributed by atoms with E-state index in [1.54, 1.807) is 0 Å². The van der Waals surface area contributed by atoms with Gasteiger partial charge >= 0.3 is 0 Å². The first-order valence-electron chi connectivity index (χ1n) is 19.7. The van der Waals surface area contributed by atoms with Gasteiger partial charge in [0.2, 0.25) is 0 Å². The van der Waals surface area contributed by atoms with Crippen molar-refractivity contribution in [1.29, 1.82) is 0 Å². The van der Waals surface area contributed by atoms with Crippen LogP contribution in [-0.4, -0.2) is 4.57 Å². The third-order valence-corrected chi connectivity index (χ3v) is 11.1. The lowest BCUT2D eigenvalue weighted by Gasteiger charge is -2.33. The van der Waals surface area contributed by atoms with Crippen molar-refractivity contribution in [2.24, 2.45) is 0 Å². The van der Waals surface area contributed by atoms with E-state index >= 15 is 0 Å². The predicted octanol–water partition coefficient (Wildman–Crippen LogP) is 15.2. The van der Waals surface area contributed by atoms with E-state index < -0.39 is 0 Å². The third kappa shape index (κ3) is 5.78. The molecule has 11 rings (SSSR count).